The molecule has 3 rings (SSSR count). The molecule has 1 atom stereocenters. The quantitative estimate of drug-likeness (QED) is 0.565. The van der Waals surface area contributed by atoms with Gasteiger partial charge >= 0.3 is 5.95 Å². The maximum atomic E-state index is 15.1. The third kappa shape index (κ3) is 2.03. The number of alkyl halides is 1. The molecule has 1 spiro atoms. The molecule has 1 aromatic heterocycles. The van der Waals surface area contributed by atoms with Gasteiger partial charge in [0.15, 0.2) is 6.20 Å². The summed E-state index contributed by atoms with van der Waals surface area (Å²) < 4.78 is 30.6. The third-order valence-corrected chi connectivity index (χ3v) is 5.71. The Bertz CT molecular complexity index is 504. The topological polar surface area (TPSA) is 3.88 Å². The van der Waals surface area contributed by atoms with Crippen molar-refractivity contribution in [1.29, 1.82) is 0 Å². The first kappa shape index (κ1) is 12.7. The Hall–Kier alpha value is -0.350. The summed E-state index contributed by atoms with van der Waals surface area (Å²) in [6.07, 6.45) is 4.36. The highest BCUT2D eigenvalue weighted by atomic mass is 35.5. The highest BCUT2D eigenvalue weighted by Gasteiger charge is 2.55. The van der Waals surface area contributed by atoms with Crippen molar-refractivity contribution >= 4 is 23.4 Å². The summed E-state index contributed by atoms with van der Waals surface area (Å²) >= 11 is 7.77. The maximum absolute atomic E-state index is 15.1. The number of halogens is 3. The van der Waals surface area contributed by atoms with Crippen molar-refractivity contribution < 1.29 is 13.3 Å². The van der Waals surface area contributed by atoms with Crippen LogP contribution < -0.4 is 4.57 Å². The van der Waals surface area contributed by atoms with Crippen LogP contribution >= 0.6 is 23.4 Å². The summed E-state index contributed by atoms with van der Waals surface area (Å²) in [5, 5.41) is 0.383. The minimum atomic E-state index is -1.56. The molecule has 1 aliphatic carbocycles. The van der Waals surface area contributed by atoms with Crippen LogP contribution in [-0.2, 0) is 12.7 Å². The minimum Gasteiger partial charge on any atom is -0.238 e. The lowest BCUT2D eigenvalue weighted by Gasteiger charge is -2.34. The van der Waals surface area contributed by atoms with E-state index in [9.17, 15) is 4.39 Å². The summed E-state index contributed by atoms with van der Waals surface area (Å²) in [5.74, 6) is 0.246. The fourth-order valence-electron chi connectivity index (χ4n) is 2.75. The average Bonchev–Trinajstić information content (AvgIpc) is 3.02. The summed E-state index contributed by atoms with van der Waals surface area (Å²) in [7, 11) is 1.55. The van der Waals surface area contributed by atoms with Crippen LogP contribution in [0, 0.1) is 5.95 Å². The molecule has 2 aliphatic rings. The second kappa shape index (κ2) is 4.07. The van der Waals surface area contributed by atoms with Crippen LogP contribution in [-0.4, -0.2) is 10.5 Å². The van der Waals surface area contributed by atoms with Gasteiger partial charge in [0.05, 0.1) is 5.56 Å². The van der Waals surface area contributed by atoms with E-state index in [2.05, 4.69) is 0 Å². The van der Waals surface area contributed by atoms with Crippen molar-refractivity contribution in [2.45, 2.75) is 36.1 Å². The SMILES string of the molecule is C[n+]1cc(Cl)cc(C2(F)CCSC3(CC3)C2)c1F. The normalized spacial score (nSPS) is 29.6. The second-order valence-corrected chi connectivity index (χ2v) is 7.40. The molecule has 18 heavy (non-hydrogen) atoms. The Morgan fingerprint density at radius 2 is 2.11 bits per heavy atom. The van der Waals surface area contributed by atoms with Crippen LogP contribution in [0.4, 0.5) is 8.78 Å². The zero-order chi connectivity index (χ0) is 13.0. The summed E-state index contributed by atoms with van der Waals surface area (Å²) in [5.41, 5.74) is -1.43. The van der Waals surface area contributed by atoms with Gasteiger partial charge in [0, 0.05) is 11.2 Å². The van der Waals surface area contributed by atoms with Crippen molar-refractivity contribution in [3.63, 3.8) is 0 Å². The Morgan fingerprint density at radius 1 is 1.39 bits per heavy atom. The lowest BCUT2D eigenvalue weighted by molar-refractivity contribution is -0.701. The molecule has 1 aliphatic heterocycles. The van der Waals surface area contributed by atoms with Crippen LogP contribution in [0.5, 0.6) is 0 Å². The highest BCUT2D eigenvalue weighted by molar-refractivity contribution is 8.01. The van der Waals surface area contributed by atoms with Gasteiger partial charge in [-0.15, -0.1) is 4.39 Å². The molecule has 0 bridgehead atoms. The molecule has 0 radical (unpaired) electrons. The number of aryl methyl sites for hydroxylation is 1. The molecule has 5 heteroatoms. The Labute approximate surface area is 115 Å². The van der Waals surface area contributed by atoms with Gasteiger partial charge in [0.25, 0.3) is 0 Å². The fourth-order valence-corrected chi connectivity index (χ4v) is 4.59. The third-order valence-electron chi connectivity index (χ3n) is 3.93. The lowest BCUT2D eigenvalue weighted by atomic mass is 9.87. The van der Waals surface area contributed by atoms with Gasteiger partial charge in [-0.25, -0.2) is 4.39 Å². The smallest absolute Gasteiger partial charge is 0.238 e. The van der Waals surface area contributed by atoms with E-state index in [1.165, 1.54) is 16.8 Å². The number of rotatable bonds is 1. The van der Waals surface area contributed by atoms with Gasteiger partial charge in [-0.3, -0.25) is 0 Å². The van der Waals surface area contributed by atoms with Crippen LogP contribution in [0.2, 0.25) is 5.02 Å². The van der Waals surface area contributed by atoms with E-state index in [4.69, 9.17) is 11.6 Å². The Balaban J connectivity index is 2.02. The number of aromatic nitrogens is 1. The number of hydrogen-bond acceptors (Lipinski definition) is 1. The van der Waals surface area contributed by atoms with Crippen LogP contribution in [0.25, 0.3) is 0 Å². The van der Waals surface area contributed by atoms with Crippen molar-refractivity contribution in [2.24, 2.45) is 7.05 Å². The van der Waals surface area contributed by atoms with E-state index in [1.54, 1.807) is 7.05 Å². The molecule has 1 saturated heterocycles. The fraction of sp³-hybridized carbons (Fsp3) is 0.615. The van der Waals surface area contributed by atoms with Crippen LogP contribution in [0.1, 0.15) is 31.2 Å². The first-order chi connectivity index (χ1) is 8.44. The van der Waals surface area contributed by atoms with Gasteiger partial charge < -0.3 is 0 Å². The summed E-state index contributed by atoms with van der Waals surface area (Å²) in [4.78, 5) is 0. The number of hydrogen-bond donors (Lipinski definition) is 0. The lowest BCUT2D eigenvalue weighted by Crippen LogP contribution is -2.40. The largest absolute Gasteiger partial charge is 0.365 e. The molecule has 1 nitrogen and oxygen atoms in total. The summed E-state index contributed by atoms with van der Waals surface area (Å²) in [6.45, 7) is 0. The van der Waals surface area contributed by atoms with Crippen molar-refractivity contribution in [3.8, 4) is 0 Å². The van der Waals surface area contributed by atoms with Crippen molar-refractivity contribution in [3.05, 3.63) is 28.8 Å². The van der Waals surface area contributed by atoms with Gasteiger partial charge in [0.2, 0.25) is 0 Å². The van der Waals surface area contributed by atoms with Crippen molar-refractivity contribution in [1.82, 2.24) is 0 Å². The number of pyridine rings is 1. The molecule has 0 N–H and O–H groups in total. The minimum absolute atomic E-state index is 0.0698. The Kier molecular flexibility index (Phi) is 2.87. The molecule has 1 saturated carbocycles. The van der Waals surface area contributed by atoms with E-state index in [0.29, 0.717) is 17.9 Å². The van der Waals surface area contributed by atoms with E-state index >= 15 is 4.39 Å². The number of thioether (sulfide) groups is 1. The van der Waals surface area contributed by atoms with E-state index in [1.807, 2.05) is 11.8 Å². The first-order valence-corrected chi connectivity index (χ1v) is 7.49. The zero-order valence-corrected chi connectivity index (χ0v) is 11.8. The second-order valence-electron chi connectivity index (χ2n) is 5.40. The van der Waals surface area contributed by atoms with E-state index < -0.39 is 11.6 Å². The molecule has 1 unspecified atom stereocenters. The first-order valence-electron chi connectivity index (χ1n) is 6.12. The molecule has 98 valence electrons. The van der Waals surface area contributed by atoms with Crippen LogP contribution in [0.3, 0.4) is 0 Å². The molecule has 0 amide bonds. The maximum Gasteiger partial charge on any atom is 0.365 e. The number of nitrogens with zero attached hydrogens (tertiary/aromatic N) is 1. The van der Waals surface area contributed by atoms with Gasteiger partial charge in [-0.1, -0.05) is 11.6 Å². The summed E-state index contributed by atoms with van der Waals surface area (Å²) in [6, 6.07) is 1.45. The molecule has 2 heterocycles. The molecular weight excluding hydrogens is 276 g/mol. The van der Waals surface area contributed by atoms with Gasteiger partial charge in [0.1, 0.15) is 17.7 Å². The average molecular weight is 291 g/mol. The van der Waals surface area contributed by atoms with Crippen molar-refractivity contribution in [2.75, 3.05) is 5.75 Å². The van der Waals surface area contributed by atoms with E-state index in [0.717, 1.165) is 18.6 Å². The van der Waals surface area contributed by atoms with E-state index in [-0.39, 0.29) is 10.3 Å². The molecule has 1 aromatic rings. The molecule has 0 aromatic carbocycles. The highest BCUT2D eigenvalue weighted by Crippen LogP contribution is 2.60. The molecular formula is C13H15ClF2NS+. The van der Waals surface area contributed by atoms with Gasteiger partial charge in [-0.2, -0.15) is 16.3 Å². The predicted molar refractivity (Wildman–Crippen MR) is 69.0 cm³/mol. The Morgan fingerprint density at radius 3 is 2.78 bits per heavy atom. The van der Waals surface area contributed by atoms with Crippen LogP contribution in [0.15, 0.2) is 12.3 Å². The molecule has 2 fully saturated rings. The zero-order valence-electron chi connectivity index (χ0n) is 10.2. The monoisotopic (exact) mass is 290 g/mol. The van der Waals surface area contributed by atoms with Gasteiger partial charge in [-0.05, 0) is 31.1 Å². The standard InChI is InChI=1S/C13H15ClF2NS/c1-17-7-9(14)6-10(11(17)15)13(16)4-5-18-12(8-13)2-3-12/h6-7H,2-5,8H2,1H3/q+1. The predicted octanol–water partition coefficient (Wildman–Crippen LogP) is 3.53.